The summed E-state index contributed by atoms with van der Waals surface area (Å²) < 4.78 is 1.82. The Balaban J connectivity index is 1.66. The molecule has 0 fully saturated rings. The monoisotopic (exact) mass is 267 g/mol. The number of nitrogens with zero attached hydrogens (tertiary/aromatic N) is 4. The first-order valence-corrected chi connectivity index (χ1v) is 7.20. The van der Waals surface area contributed by atoms with Crippen molar-refractivity contribution in [3.05, 3.63) is 12.4 Å². The minimum atomic E-state index is 0.378. The van der Waals surface area contributed by atoms with Gasteiger partial charge in [-0.2, -0.15) is 0 Å². The van der Waals surface area contributed by atoms with E-state index in [0.29, 0.717) is 10.7 Å². The molecule has 100 valence electrons. The van der Waals surface area contributed by atoms with Crippen molar-refractivity contribution >= 4 is 16.9 Å². The highest BCUT2D eigenvalue weighted by molar-refractivity contribution is 8.14. The Hall–Kier alpha value is -1.04. The first-order chi connectivity index (χ1) is 8.53. The number of aromatic nitrogens is 3. The van der Waals surface area contributed by atoms with Crippen molar-refractivity contribution in [1.82, 2.24) is 20.3 Å². The van der Waals surface area contributed by atoms with Gasteiger partial charge in [0.25, 0.3) is 0 Å². The highest BCUT2D eigenvalue weighted by Crippen LogP contribution is 2.31. The van der Waals surface area contributed by atoms with E-state index in [1.54, 1.807) is 6.20 Å². The lowest BCUT2D eigenvalue weighted by Gasteiger charge is -2.21. The summed E-state index contributed by atoms with van der Waals surface area (Å²) >= 11 is 1.87. The molecule has 1 aromatic rings. The van der Waals surface area contributed by atoms with Crippen LogP contribution >= 0.6 is 11.8 Å². The van der Waals surface area contributed by atoms with Crippen molar-refractivity contribution in [1.29, 1.82) is 0 Å². The standard InChI is InChI=1S/C12H21N5S/c1-12(2,3)8-10-9-14-11(18-10)13-4-6-17-7-5-15-16-17/h5,7,10H,4,6,8-9H2,1-3H3,(H,13,14). The van der Waals surface area contributed by atoms with Crippen molar-refractivity contribution in [2.45, 2.75) is 39.0 Å². The van der Waals surface area contributed by atoms with E-state index in [2.05, 4.69) is 41.4 Å². The molecule has 1 N–H and O–H groups in total. The number of amidine groups is 1. The molecule has 0 aliphatic carbocycles. The summed E-state index contributed by atoms with van der Waals surface area (Å²) in [5, 5.41) is 12.8. The zero-order valence-corrected chi connectivity index (χ0v) is 12.1. The Kier molecular flexibility index (Phi) is 4.27. The van der Waals surface area contributed by atoms with E-state index in [9.17, 15) is 0 Å². The number of aliphatic imine (C=N–C) groups is 1. The normalized spacial score (nSPS) is 19.9. The van der Waals surface area contributed by atoms with Gasteiger partial charge in [-0.05, 0) is 11.8 Å². The molecule has 18 heavy (non-hydrogen) atoms. The van der Waals surface area contributed by atoms with E-state index in [0.717, 1.165) is 24.8 Å². The zero-order valence-electron chi connectivity index (χ0n) is 11.3. The lowest BCUT2D eigenvalue weighted by atomic mass is 9.90. The second-order valence-corrected chi connectivity index (χ2v) is 7.03. The smallest absolute Gasteiger partial charge is 0.156 e. The molecule has 1 aromatic heterocycles. The molecule has 0 bridgehead atoms. The van der Waals surface area contributed by atoms with E-state index in [1.165, 1.54) is 6.42 Å². The van der Waals surface area contributed by atoms with E-state index in [4.69, 9.17) is 0 Å². The first-order valence-electron chi connectivity index (χ1n) is 6.32. The van der Waals surface area contributed by atoms with Gasteiger partial charge in [-0.15, -0.1) is 5.10 Å². The summed E-state index contributed by atoms with van der Waals surface area (Å²) in [6, 6.07) is 0. The zero-order chi connectivity index (χ0) is 13.0. The lowest BCUT2D eigenvalue weighted by molar-refractivity contribution is 0.375. The molecule has 0 aromatic carbocycles. The van der Waals surface area contributed by atoms with Crippen molar-refractivity contribution in [2.24, 2.45) is 10.4 Å². The molecule has 0 saturated heterocycles. The van der Waals surface area contributed by atoms with Crippen molar-refractivity contribution in [3.63, 3.8) is 0 Å². The van der Waals surface area contributed by atoms with Crippen LogP contribution in [0.25, 0.3) is 0 Å². The predicted molar refractivity (Wildman–Crippen MR) is 75.8 cm³/mol. The van der Waals surface area contributed by atoms with E-state index in [1.807, 2.05) is 22.6 Å². The number of hydrogen-bond acceptors (Lipinski definition) is 5. The number of hydrogen-bond donors (Lipinski definition) is 1. The summed E-state index contributed by atoms with van der Waals surface area (Å²) in [6.07, 6.45) is 4.77. The summed E-state index contributed by atoms with van der Waals surface area (Å²) in [6.45, 7) is 9.45. The molecule has 0 radical (unpaired) electrons. The number of nitrogens with one attached hydrogen (secondary N) is 1. The quantitative estimate of drug-likeness (QED) is 0.903. The fraction of sp³-hybridized carbons (Fsp3) is 0.750. The maximum Gasteiger partial charge on any atom is 0.156 e. The molecule has 2 rings (SSSR count). The van der Waals surface area contributed by atoms with Gasteiger partial charge in [-0.3, -0.25) is 9.67 Å². The molecule has 0 spiro atoms. The van der Waals surface area contributed by atoms with Crippen LogP contribution in [0.5, 0.6) is 0 Å². The lowest BCUT2D eigenvalue weighted by Crippen LogP contribution is -2.25. The molecule has 1 atom stereocenters. The van der Waals surface area contributed by atoms with Crippen LogP contribution in [0.1, 0.15) is 27.2 Å². The number of rotatable bonds is 4. The van der Waals surface area contributed by atoms with Crippen LogP contribution in [0.15, 0.2) is 17.4 Å². The van der Waals surface area contributed by atoms with Gasteiger partial charge in [0.2, 0.25) is 0 Å². The van der Waals surface area contributed by atoms with Crippen molar-refractivity contribution in [2.75, 3.05) is 13.1 Å². The molecule has 1 aliphatic heterocycles. The Labute approximate surface area is 112 Å². The summed E-state index contributed by atoms with van der Waals surface area (Å²) in [5.74, 6) is 0. The van der Waals surface area contributed by atoms with Gasteiger partial charge < -0.3 is 5.32 Å². The maximum atomic E-state index is 4.54. The van der Waals surface area contributed by atoms with Gasteiger partial charge in [0.1, 0.15) is 0 Å². The van der Waals surface area contributed by atoms with Gasteiger partial charge in [0, 0.05) is 18.0 Å². The van der Waals surface area contributed by atoms with Crippen LogP contribution in [0.2, 0.25) is 0 Å². The Morgan fingerprint density at radius 2 is 2.33 bits per heavy atom. The van der Waals surface area contributed by atoms with Crippen LogP contribution in [0, 0.1) is 5.41 Å². The van der Waals surface area contributed by atoms with Gasteiger partial charge in [0.05, 0.1) is 19.3 Å². The summed E-state index contributed by atoms with van der Waals surface area (Å²) in [5.41, 5.74) is 0.378. The van der Waals surface area contributed by atoms with Crippen molar-refractivity contribution < 1.29 is 0 Å². The number of thioether (sulfide) groups is 1. The molecular formula is C12H21N5S. The van der Waals surface area contributed by atoms with E-state index < -0.39 is 0 Å². The SMILES string of the molecule is CC(C)(C)CC1CN=C(NCCn2ccnn2)S1. The van der Waals surface area contributed by atoms with Gasteiger partial charge in [0.15, 0.2) is 5.17 Å². The molecule has 5 nitrogen and oxygen atoms in total. The molecule has 6 heteroatoms. The highest BCUT2D eigenvalue weighted by atomic mass is 32.2. The van der Waals surface area contributed by atoms with Crippen LogP contribution in [-0.4, -0.2) is 38.5 Å². The van der Waals surface area contributed by atoms with E-state index in [-0.39, 0.29) is 0 Å². The summed E-state index contributed by atoms with van der Waals surface area (Å²) in [4.78, 5) is 4.54. The summed E-state index contributed by atoms with van der Waals surface area (Å²) in [7, 11) is 0. The third-order valence-corrected chi connectivity index (χ3v) is 3.79. The van der Waals surface area contributed by atoms with Crippen LogP contribution in [-0.2, 0) is 6.54 Å². The van der Waals surface area contributed by atoms with Gasteiger partial charge in [-0.1, -0.05) is 37.7 Å². The Morgan fingerprint density at radius 3 is 3.00 bits per heavy atom. The highest BCUT2D eigenvalue weighted by Gasteiger charge is 2.24. The Bertz CT molecular complexity index is 393. The fourth-order valence-electron chi connectivity index (χ4n) is 1.93. The first kappa shape index (κ1) is 13.4. The van der Waals surface area contributed by atoms with Crippen LogP contribution < -0.4 is 5.32 Å². The third-order valence-electron chi connectivity index (χ3n) is 2.65. The second kappa shape index (κ2) is 5.73. The van der Waals surface area contributed by atoms with E-state index >= 15 is 0 Å². The third kappa shape index (κ3) is 4.33. The Morgan fingerprint density at radius 1 is 1.50 bits per heavy atom. The van der Waals surface area contributed by atoms with Gasteiger partial charge >= 0.3 is 0 Å². The minimum Gasteiger partial charge on any atom is -0.363 e. The fourth-order valence-corrected chi connectivity index (χ4v) is 3.32. The van der Waals surface area contributed by atoms with Gasteiger partial charge in [-0.25, -0.2) is 0 Å². The molecular weight excluding hydrogens is 246 g/mol. The minimum absolute atomic E-state index is 0.378. The molecule has 0 amide bonds. The van der Waals surface area contributed by atoms with Crippen LogP contribution in [0.4, 0.5) is 0 Å². The molecule has 2 heterocycles. The average molecular weight is 267 g/mol. The average Bonchev–Trinajstić information content (AvgIpc) is 2.88. The largest absolute Gasteiger partial charge is 0.363 e. The molecule has 1 unspecified atom stereocenters. The molecule has 0 saturated carbocycles. The second-order valence-electron chi connectivity index (χ2n) is 5.74. The maximum absolute atomic E-state index is 4.54. The van der Waals surface area contributed by atoms with Crippen molar-refractivity contribution in [3.8, 4) is 0 Å². The topological polar surface area (TPSA) is 55.1 Å². The molecule has 1 aliphatic rings. The predicted octanol–water partition coefficient (Wildman–Crippen LogP) is 1.78. The van der Waals surface area contributed by atoms with Crippen LogP contribution in [0.3, 0.4) is 0 Å².